The van der Waals surface area contributed by atoms with E-state index in [4.69, 9.17) is 4.74 Å². The summed E-state index contributed by atoms with van der Waals surface area (Å²) < 4.78 is 9.42. The Hall–Kier alpha value is -2.32. The maximum atomic E-state index is 13.5. The average molecular weight is 384 g/mol. The number of hydrogen-bond donors (Lipinski definition) is 0. The molecule has 0 aliphatic carbocycles. The molecular weight excluding hydrogens is 364 g/mol. The fourth-order valence-corrected chi connectivity index (χ4v) is 5.22. The lowest BCUT2D eigenvalue weighted by Crippen LogP contribution is -2.44. The van der Waals surface area contributed by atoms with Crippen LogP contribution in [-0.2, 0) is 11.2 Å². The highest BCUT2D eigenvalue weighted by Crippen LogP contribution is 2.45. The fraction of sp³-hybridized carbons (Fsp3) is 0.474. The summed E-state index contributed by atoms with van der Waals surface area (Å²) >= 11 is 1.39. The number of nitrogens with zero attached hydrogens (tertiary/aromatic N) is 4. The summed E-state index contributed by atoms with van der Waals surface area (Å²) in [5.74, 6) is -0.148. The van der Waals surface area contributed by atoms with Gasteiger partial charge in [-0.3, -0.25) is 9.59 Å². The van der Waals surface area contributed by atoms with Crippen molar-refractivity contribution in [2.45, 2.75) is 31.3 Å². The Morgan fingerprint density at radius 1 is 1.07 bits per heavy atom. The molecule has 4 heterocycles. The first-order chi connectivity index (χ1) is 13.2. The summed E-state index contributed by atoms with van der Waals surface area (Å²) in [5, 5.41) is 4.23. The van der Waals surface area contributed by atoms with E-state index in [0.29, 0.717) is 37.4 Å². The Balaban J connectivity index is 1.47. The Bertz CT molecular complexity index is 893. The van der Waals surface area contributed by atoms with Crippen LogP contribution in [0.5, 0.6) is 0 Å². The highest BCUT2D eigenvalue weighted by Gasteiger charge is 2.45. The van der Waals surface area contributed by atoms with Gasteiger partial charge < -0.3 is 14.5 Å². The predicted molar refractivity (Wildman–Crippen MR) is 98.7 cm³/mol. The lowest BCUT2D eigenvalue weighted by molar-refractivity contribution is 0.0300. The first kappa shape index (κ1) is 16.8. The van der Waals surface area contributed by atoms with Crippen LogP contribution in [0.15, 0.2) is 24.3 Å². The molecule has 0 saturated carbocycles. The molecule has 1 aromatic heterocycles. The summed E-state index contributed by atoms with van der Waals surface area (Å²) in [6.07, 6.45) is 2.67. The van der Waals surface area contributed by atoms with E-state index >= 15 is 0 Å². The van der Waals surface area contributed by atoms with E-state index in [-0.39, 0.29) is 23.9 Å². The van der Waals surface area contributed by atoms with E-state index in [1.807, 2.05) is 17.0 Å². The van der Waals surface area contributed by atoms with Crippen molar-refractivity contribution in [1.29, 1.82) is 0 Å². The molecule has 0 N–H and O–H groups in total. The maximum Gasteiger partial charge on any atom is 0.255 e. The summed E-state index contributed by atoms with van der Waals surface area (Å²) in [4.78, 5) is 31.4. The summed E-state index contributed by atoms with van der Waals surface area (Å²) in [5.41, 5.74) is 2.01. The SMILES string of the molecule is O=C(c1ccccc1C(=O)N1C2CCC1c1snnc1C2)N1CCOCC1. The number of carbonyl (C=O) groups excluding carboxylic acids is 2. The number of amides is 2. The second-order valence-corrected chi connectivity index (χ2v) is 7.98. The largest absolute Gasteiger partial charge is 0.378 e. The van der Waals surface area contributed by atoms with Gasteiger partial charge in [0.05, 0.1) is 41.0 Å². The molecule has 8 heteroatoms. The van der Waals surface area contributed by atoms with E-state index < -0.39 is 0 Å². The Labute approximate surface area is 161 Å². The zero-order valence-electron chi connectivity index (χ0n) is 14.8. The molecule has 2 saturated heterocycles. The van der Waals surface area contributed by atoms with Crippen LogP contribution in [0.25, 0.3) is 0 Å². The minimum absolute atomic E-state index is 0.0396. The van der Waals surface area contributed by atoms with E-state index in [0.717, 1.165) is 29.8 Å². The molecule has 2 aromatic rings. The van der Waals surface area contributed by atoms with Crippen molar-refractivity contribution in [2.75, 3.05) is 26.3 Å². The van der Waals surface area contributed by atoms with E-state index in [1.54, 1.807) is 17.0 Å². The quantitative estimate of drug-likeness (QED) is 0.791. The first-order valence-corrected chi connectivity index (χ1v) is 10.1. The van der Waals surface area contributed by atoms with Crippen LogP contribution in [0.1, 0.15) is 50.2 Å². The van der Waals surface area contributed by atoms with Crippen LogP contribution in [0.3, 0.4) is 0 Å². The number of benzene rings is 1. The van der Waals surface area contributed by atoms with Crippen molar-refractivity contribution in [2.24, 2.45) is 0 Å². The normalized spacial score (nSPS) is 24.0. The predicted octanol–water partition coefficient (Wildman–Crippen LogP) is 1.91. The summed E-state index contributed by atoms with van der Waals surface area (Å²) in [6.45, 7) is 2.21. The molecule has 0 radical (unpaired) electrons. The third-order valence-corrected chi connectivity index (χ3v) is 6.61. The van der Waals surface area contributed by atoms with Crippen LogP contribution in [0, 0.1) is 0 Å². The molecule has 3 aliphatic heterocycles. The van der Waals surface area contributed by atoms with E-state index in [9.17, 15) is 9.59 Å². The van der Waals surface area contributed by atoms with E-state index in [1.165, 1.54) is 11.5 Å². The smallest absolute Gasteiger partial charge is 0.255 e. The van der Waals surface area contributed by atoms with Crippen molar-refractivity contribution in [3.8, 4) is 0 Å². The lowest BCUT2D eigenvalue weighted by Gasteiger charge is -2.34. The topological polar surface area (TPSA) is 75.6 Å². The molecule has 27 heavy (non-hydrogen) atoms. The molecule has 0 spiro atoms. The second-order valence-electron chi connectivity index (χ2n) is 7.20. The van der Waals surface area contributed by atoms with Crippen molar-refractivity contribution >= 4 is 23.3 Å². The molecule has 2 bridgehead atoms. The van der Waals surface area contributed by atoms with Crippen LogP contribution < -0.4 is 0 Å². The van der Waals surface area contributed by atoms with Gasteiger partial charge in [-0.25, -0.2) is 0 Å². The van der Waals surface area contributed by atoms with Gasteiger partial charge in [-0.15, -0.1) is 5.10 Å². The molecule has 2 fully saturated rings. The standard InChI is InChI=1S/C19H20N4O3S/c24-18(22-7-9-26-10-8-22)13-3-1-2-4-14(13)19(25)23-12-5-6-16(23)17-15(11-12)20-21-27-17/h1-4,12,16H,5-11H2. The zero-order valence-corrected chi connectivity index (χ0v) is 15.7. The number of carbonyl (C=O) groups is 2. The molecular formula is C19H20N4O3S. The second kappa shape index (κ2) is 6.69. The van der Waals surface area contributed by atoms with Gasteiger partial charge >= 0.3 is 0 Å². The highest BCUT2D eigenvalue weighted by atomic mass is 32.1. The first-order valence-electron chi connectivity index (χ1n) is 9.34. The van der Waals surface area contributed by atoms with Crippen molar-refractivity contribution in [3.05, 3.63) is 46.0 Å². The summed E-state index contributed by atoms with van der Waals surface area (Å²) in [6, 6.07) is 7.37. The minimum Gasteiger partial charge on any atom is -0.378 e. The average Bonchev–Trinajstić information content (AvgIpc) is 3.32. The van der Waals surface area contributed by atoms with Gasteiger partial charge in [-0.1, -0.05) is 16.6 Å². The Morgan fingerprint density at radius 3 is 2.59 bits per heavy atom. The molecule has 7 nitrogen and oxygen atoms in total. The van der Waals surface area contributed by atoms with Gasteiger partial charge in [0.2, 0.25) is 0 Å². The van der Waals surface area contributed by atoms with Crippen molar-refractivity contribution in [3.63, 3.8) is 0 Å². The number of fused-ring (bicyclic) bond motifs is 4. The molecule has 2 amide bonds. The lowest BCUT2D eigenvalue weighted by atomic mass is 10.00. The summed E-state index contributed by atoms with van der Waals surface area (Å²) in [7, 11) is 0. The highest BCUT2D eigenvalue weighted by molar-refractivity contribution is 7.05. The Morgan fingerprint density at radius 2 is 1.81 bits per heavy atom. The zero-order chi connectivity index (χ0) is 18.4. The van der Waals surface area contributed by atoms with Crippen molar-refractivity contribution < 1.29 is 14.3 Å². The number of aromatic nitrogens is 2. The minimum atomic E-state index is -0.0910. The van der Waals surface area contributed by atoms with Crippen LogP contribution >= 0.6 is 11.5 Å². The molecule has 140 valence electrons. The molecule has 5 rings (SSSR count). The molecule has 2 atom stereocenters. The van der Waals surface area contributed by atoms with Gasteiger partial charge in [0.1, 0.15) is 0 Å². The third-order valence-electron chi connectivity index (χ3n) is 5.74. The van der Waals surface area contributed by atoms with Crippen molar-refractivity contribution in [1.82, 2.24) is 19.4 Å². The fourth-order valence-electron chi connectivity index (χ4n) is 4.41. The van der Waals surface area contributed by atoms with E-state index in [2.05, 4.69) is 9.59 Å². The third kappa shape index (κ3) is 2.74. The van der Waals surface area contributed by atoms with Crippen LogP contribution in [0.4, 0.5) is 0 Å². The number of hydrogen-bond acceptors (Lipinski definition) is 6. The molecule has 1 aromatic carbocycles. The van der Waals surface area contributed by atoms with Gasteiger partial charge in [-0.05, 0) is 36.5 Å². The van der Waals surface area contributed by atoms with Crippen LogP contribution in [0.2, 0.25) is 0 Å². The van der Waals surface area contributed by atoms with Gasteiger partial charge in [-0.2, -0.15) is 0 Å². The van der Waals surface area contributed by atoms with Crippen LogP contribution in [-0.4, -0.2) is 63.5 Å². The maximum absolute atomic E-state index is 13.5. The monoisotopic (exact) mass is 384 g/mol. The molecule has 3 aliphatic rings. The van der Waals surface area contributed by atoms with Gasteiger partial charge in [0, 0.05) is 25.6 Å². The Kier molecular flexibility index (Phi) is 4.17. The number of ether oxygens (including phenoxy) is 1. The number of rotatable bonds is 2. The van der Waals surface area contributed by atoms with Gasteiger partial charge in [0.15, 0.2) is 0 Å². The van der Waals surface area contributed by atoms with Gasteiger partial charge in [0.25, 0.3) is 11.8 Å². The molecule has 2 unspecified atom stereocenters. The number of morpholine rings is 1.